The van der Waals surface area contributed by atoms with E-state index >= 15 is 0 Å². The van der Waals surface area contributed by atoms with E-state index in [1.807, 2.05) is 4.90 Å². The molecule has 27 heavy (non-hydrogen) atoms. The molecule has 0 aliphatic carbocycles. The van der Waals surface area contributed by atoms with E-state index in [0.29, 0.717) is 39.4 Å². The molecule has 2 fully saturated rings. The van der Waals surface area contributed by atoms with Crippen molar-refractivity contribution in [3.05, 3.63) is 29.8 Å². The number of rotatable bonds is 5. The first-order valence-corrected chi connectivity index (χ1v) is 9.04. The van der Waals surface area contributed by atoms with Gasteiger partial charge in [-0.15, -0.1) is 13.2 Å². The number of hydrogen-bond acceptors (Lipinski definition) is 5. The molecule has 0 atom stereocenters. The van der Waals surface area contributed by atoms with Crippen LogP contribution in [-0.4, -0.2) is 86.0 Å². The molecule has 1 aromatic carbocycles. The summed E-state index contributed by atoms with van der Waals surface area (Å²) in [5.74, 6) is -0.0651. The Morgan fingerprint density at radius 1 is 0.963 bits per heavy atom. The van der Waals surface area contributed by atoms with Gasteiger partial charge in [0.15, 0.2) is 0 Å². The molecule has 150 valence electrons. The van der Waals surface area contributed by atoms with Crippen LogP contribution in [0, 0.1) is 0 Å². The molecule has 0 aromatic heterocycles. The quantitative estimate of drug-likeness (QED) is 0.768. The van der Waals surface area contributed by atoms with Crippen LogP contribution in [0.1, 0.15) is 5.56 Å². The largest absolute Gasteiger partial charge is 0.573 e. The molecule has 2 aliphatic rings. The summed E-state index contributed by atoms with van der Waals surface area (Å²) in [4.78, 5) is 18.5. The summed E-state index contributed by atoms with van der Waals surface area (Å²) in [6.07, 6.45) is -4.67. The van der Waals surface area contributed by atoms with Crippen molar-refractivity contribution in [2.24, 2.45) is 0 Å². The second-order valence-electron chi connectivity index (χ2n) is 6.74. The highest BCUT2D eigenvalue weighted by Gasteiger charge is 2.31. The second-order valence-corrected chi connectivity index (χ2v) is 6.74. The topological polar surface area (TPSA) is 45.2 Å². The van der Waals surface area contributed by atoms with Gasteiger partial charge in [0.2, 0.25) is 5.91 Å². The van der Waals surface area contributed by atoms with Gasteiger partial charge in [-0.05, 0) is 17.7 Å². The van der Waals surface area contributed by atoms with Gasteiger partial charge in [0, 0.05) is 45.8 Å². The first kappa shape index (κ1) is 19.9. The van der Waals surface area contributed by atoms with Crippen LogP contribution in [0.25, 0.3) is 0 Å². The molecule has 9 heteroatoms. The van der Waals surface area contributed by atoms with E-state index in [1.54, 1.807) is 12.1 Å². The molecule has 0 bridgehead atoms. The summed E-state index contributed by atoms with van der Waals surface area (Å²) in [6, 6.07) is 5.96. The van der Waals surface area contributed by atoms with Gasteiger partial charge in [0.25, 0.3) is 0 Å². The van der Waals surface area contributed by atoms with Gasteiger partial charge in [-0.2, -0.15) is 0 Å². The number of halogens is 3. The Balaban J connectivity index is 1.40. The molecular weight excluding hydrogens is 363 g/mol. The Morgan fingerprint density at radius 3 is 2.15 bits per heavy atom. The molecule has 0 unspecified atom stereocenters. The predicted octanol–water partition coefficient (Wildman–Crippen LogP) is 1.56. The van der Waals surface area contributed by atoms with Gasteiger partial charge in [0.1, 0.15) is 5.75 Å². The van der Waals surface area contributed by atoms with Crippen molar-refractivity contribution in [2.45, 2.75) is 12.9 Å². The molecule has 1 aromatic rings. The number of piperazine rings is 1. The number of carbonyl (C=O) groups excluding carboxylic acids is 1. The van der Waals surface area contributed by atoms with Crippen molar-refractivity contribution in [1.82, 2.24) is 14.7 Å². The Labute approximate surface area is 156 Å². The lowest BCUT2D eigenvalue weighted by atomic mass is 10.2. The Bertz CT molecular complexity index is 611. The molecule has 0 radical (unpaired) electrons. The number of amides is 1. The number of carbonyl (C=O) groups is 1. The lowest BCUT2D eigenvalue weighted by Gasteiger charge is -2.36. The van der Waals surface area contributed by atoms with Crippen molar-refractivity contribution < 1.29 is 27.4 Å². The summed E-state index contributed by atoms with van der Waals surface area (Å²) in [7, 11) is 0. The number of nitrogens with zero attached hydrogens (tertiary/aromatic N) is 3. The molecule has 0 N–H and O–H groups in total. The number of morpholine rings is 1. The fourth-order valence-corrected chi connectivity index (χ4v) is 3.26. The van der Waals surface area contributed by atoms with Crippen molar-refractivity contribution in [3.63, 3.8) is 0 Å². The van der Waals surface area contributed by atoms with Gasteiger partial charge >= 0.3 is 6.36 Å². The maximum absolute atomic E-state index is 12.3. The predicted molar refractivity (Wildman–Crippen MR) is 92.2 cm³/mol. The molecule has 0 saturated carbocycles. The minimum atomic E-state index is -4.67. The molecule has 6 nitrogen and oxygen atoms in total. The van der Waals surface area contributed by atoms with E-state index in [1.165, 1.54) is 12.1 Å². The average Bonchev–Trinajstić information content (AvgIpc) is 2.64. The highest BCUT2D eigenvalue weighted by atomic mass is 19.4. The SMILES string of the molecule is O=C(CN1CCN(Cc2ccc(OC(F)(F)F)cc2)CC1)N1CCOCC1. The van der Waals surface area contributed by atoms with Gasteiger partial charge in [-0.1, -0.05) is 12.1 Å². The number of alkyl halides is 3. The first-order valence-electron chi connectivity index (χ1n) is 9.04. The van der Waals surface area contributed by atoms with Crippen LogP contribution in [0.3, 0.4) is 0 Å². The maximum Gasteiger partial charge on any atom is 0.573 e. The van der Waals surface area contributed by atoms with Crippen LogP contribution in [0.4, 0.5) is 13.2 Å². The molecule has 1 amide bonds. The van der Waals surface area contributed by atoms with Crippen LogP contribution >= 0.6 is 0 Å². The van der Waals surface area contributed by atoms with E-state index < -0.39 is 6.36 Å². The van der Waals surface area contributed by atoms with Crippen LogP contribution in [-0.2, 0) is 16.1 Å². The Morgan fingerprint density at radius 2 is 1.56 bits per heavy atom. The van der Waals surface area contributed by atoms with Gasteiger partial charge in [-0.25, -0.2) is 0 Å². The van der Waals surface area contributed by atoms with Gasteiger partial charge in [0.05, 0.1) is 19.8 Å². The number of ether oxygens (including phenoxy) is 2. The van der Waals surface area contributed by atoms with E-state index in [2.05, 4.69) is 14.5 Å². The molecule has 2 heterocycles. The fourth-order valence-electron chi connectivity index (χ4n) is 3.26. The van der Waals surface area contributed by atoms with Crippen molar-refractivity contribution >= 4 is 5.91 Å². The Hall–Kier alpha value is -1.84. The molecule has 2 saturated heterocycles. The summed E-state index contributed by atoms with van der Waals surface area (Å²) < 4.78 is 45.7. The van der Waals surface area contributed by atoms with E-state index in [9.17, 15) is 18.0 Å². The fraction of sp³-hybridized carbons (Fsp3) is 0.611. The summed E-state index contributed by atoms with van der Waals surface area (Å²) in [5.41, 5.74) is 0.933. The number of benzene rings is 1. The Kier molecular flexibility index (Phi) is 6.56. The second kappa shape index (κ2) is 8.90. The van der Waals surface area contributed by atoms with E-state index in [4.69, 9.17) is 4.74 Å². The normalized spacial score (nSPS) is 19.9. The lowest BCUT2D eigenvalue weighted by molar-refractivity contribution is -0.274. The van der Waals surface area contributed by atoms with Crippen molar-refractivity contribution in [1.29, 1.82) is 0 Å². The minimum absolute atomic E-state index is 0.145. The van der Waals surface area contributed by atoms with Crippen LogP contribution in [0.15, 0.2) is 24.3 Å². The molecule has 0 spiro atoms. The zero-order valence-electron chi connectivity index (χ0n) is 15.1. The highest BCUT2D eigenvalue weighted by molar-refractivity contribution is 5.78. The monoisotopic (exact) mass is 387 g/mol. The van der Waals surface area contributed by atoms with E-state index in [-0.39, 0.29) is 11.7 Å². The third-order valence-electron chi connectivity index (χ3n) is 4.75. The van der Waals surface area contributed by atoms with Crippen LogP contribution in [0.2, 0.25) is 0 Å². The van der Waals surface area contributed by atoms with Gasteiger partial charge in [-0.3, -0.25) is 14.6 Å². The first-order chi connectivity index (χ1) is 12.9. The zero-order valence-corrected chi connectivity index (χ0v) is 15.1. The third-order valence-corrected chi connectivity index (χ3v) is 4.75. The van der Waals surface area contributed by atoms with Crippen molar-refractivity contribution in [2.75, 3.05) is 59.0 Å². The minimum Gasteiger partial charge on any atom is -0.406 e. The zero-order chi connectivity index (χ0) is 19.3. The van der Waals surface area contributed by atoms with E-state index in [0.717, 1.165) is 31.7 Å². The third kappa shape index (κ3) is 6.37. The van der Waals surface area contributed by atoms with Crippen molar-refractivity contribution in [3.8, 4) is 5.75 Å². The summed E-state index contributed by atoms with van der Waals surface area (Å²) in [5, 5.41) is 0. The lowest BCUT2D eigenvalue weighted by Crippen LogP contribution is -2.51. The van der Waals surface area contributed by atoms with Crippen LogP contribution < -0.4 is 4.74 Å². The standard InChI is InChI=1S/C18H24F3N3O3/c19-18(20,21)27-16-3-1-15(2-4-16)13-22-5-7-23(8-6-22)14-17(25)24-9-11-26-12-10-24/h1-4H,5-14H2. The molecule has 3 rings (SSSR count). The maximum atomic E-state index is 12.3. The number of hydrogen-bond donors (Lipinski definition) is 0. The average molecular weight is 387 g/mol. The smallest absolute Gasteiger partial charge is 0.406 e. The van der Waals surface area contributed by atoms with Crippen LogP contribution in [0.5, 0.6) is 5.75 Å². The highest BCUT2D eigenvalue weighted by Crippen LogP contribution is 2.23. The summed E-state index contributed by atoms with van der Waals surface area (Å²) in [6.45, 7) is 6.85. The molecular formula is C18H24F3N3O3. The van der Waals surface area contributed by atoms with Gasteiger partial charge < -0.3 is 14.4 Å². The summed E-state index contributed by atoms with van der Waals surface area (Å²) >= 11 is 0. The molecule has 2 aliphatic heterocycles.